The van der Waals surface area contributed by atoms with Gasteiger partial charge >= 0.3 is 0 Å². The fourth-order valence-electron chi connectivity index (χ4n) is 1.59. The Labute approximate surface area is 120 Å². The minimum atomic E-state index is -0.421. The molecule has 0 aliphatic rings. The molecule has 0 aromatic heterocycles. The largest absolute Gasteiger partial charge is 0.384 e. The van der Waals surface area contributed by atoms with E-state index in [0.717, 1.165) is 6.42 Å². The SMILES string of the molecule is CC(C)(CCC#N)CNc1ccc(Br)c([N+](=O)[O-])c1. The summed E-state index contributed by atoms with van der Waals surface area (Å²) in [6, 6.07) is 7.08. The van der Waals surface area contributed by atoms with Crippen LogP contribution in [0.5, 0.6) is 0 Å². The molecule has 0 fully saturated rings. The molecule has 0 aliphatic carbocycles. The highest BCUT2D eigenvalue weighted by atomic mass is 79.9. The third-order valence-electron chi connectivity index (χ3n) is 2.83. The van der Waals surface area contributed by atoms with E-state index in [1.807, 2.05) is 0 Å². The van der Waals surface area contributed by atoms with Crippen molar-refractivity contribution in [3.63, 3.8) is 0 Å². The zero-order valence-electron chi connectivity index (χ0n) is 10.9. The Morgan fingerprint density at radius 1 is 1.53 bits per heavy atom. The minimum absolute atomic E-state index is 0.0302. The van der Waals surface area contributed by atoms with Crippen molar-refractivity contribution in [1.29, 1.82) is 5.26 Å². The number of anilines is 1. The number of hydrogen-bond donors (Lipinski definition) is 1. The second-order valence-electron chi connectivity index (χ2n) is 5.10. The predicted molar refractivity (Wildman–Crippen MR) is 77.9 cm³/mol. The average molecular weight is 326 g/mol. The molecular formula is C13H16BrN3O2. The zero-order valence-corrected chi connectivity index (χ0v) is 12.5. The number of nitro benzene ring substituents is 1. The van der Waals surface area contributed by atoms with Gasteiger partial charge in [-0.05, 0) is 39.9 Å². The Morgan fingerprint density at radius 2 is 2.21 bits per heavy atom. The molecule has 0 radical (unpaired) electrons. The number of nitrogens with one attached hydrogen (secondary N) is 1. The van der Waals surface area contributed by atoms with Crippen molar-refractivity contribution in [2.45, 2.75) is 26.7 Å². The first-order valence-corrected chi connectivity index (χ1v) is 6.70. The normalized spacial score (nSPS) is 10.8. The molecule has 5 nitrogen and oxygen atoms in total. The van der Waals surface area contributed by atoms with Crippen LogP contribution in [0.3, 0.4) is 0 Å². The lowest BCUT2D eigenvalue weighted by Gasteiger charge is -2.24. The Morgan fingerprint density at radius 3 is 2.79 bits per heavy atom. The van der Waals surface area contributed by atoms with E-state index in [0.29, 0.717) is 23.1 Å². The van der Waals surface area contributed by atoms with Gasteiger partial charge in [0.25, 0.3) is 5.69 Å². The maximum atomic E-state index is 10.8. The molecule has 0 unspecified atom stereocenters. The summed E-state index contributed by atoms with van der Waals surface area (Å²) in [4.78, 5) is 10.4. The molecule has 0 spiro atoms. The maximum absolute atomic E-state index is 10.8. The highest BCUT2D eigenvalue weighted by Crippen LogP contribution is 2.29. The van der Waals surface area contributed by atoms with Gasteiger partial charge in [0.2, 0.25) is 0 Å². The van der Waals surface area contributed by atoms with Gasteiger partial charge in [0.05, 0.1) is 15.5 Å². The molecule has 0 saturated carbocycles. The Bertz CT molecular complexity index is 509. The summed E-state index contributed by atoms with van der Waals surface area (Å²) < 4.78 is 0.465. The number of nitrogens with zero attached hydrogens (tertiary/aromatic N) is 2. The van der Waals surface area contributed by atoms with Crippen molar-refractivity contribution in [3.8, 4) is 6.07 Å². The molecule has 0 saturated heterocycles. The van der Waals surface area contributed by atoms with E-state index in [9.17, 15) is 10.1 Å². The third kappa shape index (κ3) is 4.87. The van der Waals surface area contributed by atoms with Crippen LogP contribution in [0.4, 0.5) is 11.4 Å². The lowest BCUT2D eigenvalue weighted by Crippen LogP contribution is -2.22. The second kappa shape index (κ2) is 6.53. The molecule has 0 amide bonds. The molecular weight excluding hydrogens is 310 g/mol. The van der Waals surface area contributed by atoms with Crippen molar-refractivity contribution < 1.29 is 4.92 Å². The maximum Gasteiger partial charge on any atom is 0.285 e. The molecule has 1 rings (SSSR count). The summed E-state index contributed by atoms with van der Waals surface area (Å²) in [5.74, 6) is 0. The highest BCUT2D eigenvalue weighted by molar-refractivity contribution is 9.10. The van der Waals surface area contributed by atoms with Crippen molar-refractivity contribution in [1.82, 2.24) is 0 Å². The van der Waals surface area contributed by atoms with Gasteiger partial charge in [0.1, 0.15) is 0 Å². The van der Waals surface area contributed by atoms with E-state index in [-0.39, 0.29) is 11.1 Å². The summed E-state index contributed by atoms with van der Waals surface area (Å²) in [5, 5.41) is 22.6. The highest BCUT2D eigenvalue weighted by Gasteiger charge is 2.18. The molecule has 1 N–H and O–H groups in total. The van der Waals surface area contributed by atoms with E-state index in [1.54, 1.807) is 12.1 Å². The molecule has 0 bridgehead atoms. The second-order valence-corrected chi connectivity index (χ2v) is 5.95. The molecule has 0 heterocycles. The summed E-state index contributed by atoms with van der Waals surface area (Å²) in [6.07, 6.45) is 1.30. The summed E-state index contributed by atoms with van der Waals surface area (Å²) >= 11 is 3.15. The lowest BCUT2D eigenvalue weighted by atomic mass is 9.88. The van der Waals surface area contributed by atoms with Crippen LogP contribution in [0.25, 0.3) is 0 Å². The van der Waals surface area contributed by atoms with Crippen LogP contribution in [0, 0.1) is 26.9 Å². The van der Waals surface area contributed by atoms with Crippen LogP contribution in [0.15, 0.2) is 22.7 Å². The Balaban J connectivity index is 2.71. The summed E-state index contributed by atoms with van der Waals surface area (Å²) in [7, 11) is 0. The number of halogens is 1. The van der Waals surface area contributed by atoms with E-state index in [4.69, 9.17) is 5.26 Å². The van der Waals surface area contributed by atoms with E-state index in [2.05, 4.69) is 41.2 Å². The van der Waals surface area contributed by atoms with Crippen molar-refractivity contribution in [2.24, 2.45) is 5.41 Å². The van der Waals surface area contributed by atoms with E-state index < -0.39 is 4.92 Å². The van der Waals surface area contributed by atoms with E-state index >= 15 is 0 Å². The molecule has 1 aromatic rings. The third-order valence-corrected chi connectivity index (χ3v) is 3.50. The van der Waals surface area contributed by atoms with Crippen molar-refractivity contribution in [2.75, 3.05) is 11.9 Å². The molecule has 19 heavy (non-hydrogen) atoms. The van der Waals surface area contributed by atoms with E-state index in [1.165, 1.54) is 6.07 Å². The first kappa shape index (κ1) is 15.4. The van der Waals surface area contributed by atoms with Crippen molar-refractivity contribution in [3.05, 3.63) is 32.8 Å². The number of hydrogen-bond acceptors (Lipinski definition) is 4. The lowest BCUT2D eigenvalue weighted by molar-refractivity contribution is -0.385. The number of nitro groups is 1. The smallest absolute Gasteiger partial charge is 0.285 e. The van der Waals surface area contributed by atoms with Crippen LogP contribution in [-0.2, 0) is 0 Å². The van der Waals surface area contributed by atoms with Gasteiger partial charge in [-0.15, -0.1) is 0 Å². The minimum Gasteiger partial charge on any atom is -0.384 e. The van der Waals surface area contributed by atoms with Gasteiger partial charge < -0.3 is 5.32 Å². The first-order valence-electron chi connectivity index (χ1n) is 5.90. The molecule has 1 aromatic carbocycles. The molecule has 102 valence electrons. The predicted octanol–water partition coefficient (Wildman–Crippen LogP) is 4.10. The quantitative estimate of drug-likeness (QED) is 0.630. The fourth-order valence-corrected chi connectivity index (χ4v) is 1.98. The van der Waals surface area contributed by atoms with Crippen LogP contribution < -0.4 is 5.32 Å². The van der Waals surface area contributed by atoms with Gasteiger partial charge in [-0.1, -0.05) is 13.8 Å². The van der Waals surface area contributed by atoms with Gasteiger partial charge in [0, 0.05) is 24.7 Å². The zero-order chi connectivity index (χ0) is 14.5. The van der Waals surface area contributed by atoms with Gasteiger partial charge in [0.15, 0.2) is 0 Å². The Hall–Kier alpha value is -1.61. The van der Waals surface area contributed by atoms with Gasteiger partial charge in [-0.2, -0.15) is 5.26 Å². The van der Waals surface area contributed by atoms with Crippen LogP contribution in [0.2, 0.25) is 0 Å². The fraction of sp³-hybridized carbons (Fsp3) is 0.462. The van der Waals surface area contributed by atoms with Gasteiger partial charge in [-0.3, -0.25) is 10.1 Å². The number of benzene rings is 1. The number of nitriles is 1. The monoisotopic (exact) mass is 325 g/mol. The first-order chi connectivity index (χ1) is 8.85. The molecule has 6 heteroatoms. The Kier molecular flexibility index (Phi) is 5.31. The summed E-state index contributed by atoms with van der Waals surface area (Å²) in [5.41, 5.74) is 0.720. The molecule has 0 aliphatic heterocycles. The van der Waals surface area contributed by atoms with Crippen molar-refractivity contribution >= 4 is 27.3 Å². The summed E-state index contributed by atoms with van der Waals surface area (Å²) in [6.45, 7) is 4.78. The standard InChI is InChI=1S/C13H16BrN3O2/c1-13(2,6-3-7-15)9-16-10-4-5-11(14)12(8-10)17(18)19/h4-5,8,16H,3,6,9H2,1-2H3. The topological polar surface area (TPSA) is 79.0 Å². The molecule has 0 atom stereocenters. The van der Waals surface area contributed by atoms with Crippen LogP contribution >= 0.6 is 15.9 Å². The number of rotatable bonds is 6. The average Bonchev–Trinajstić information content (AvgIpc) is 2.35. The van der Waals surface area contributed by atoms with Crippen LogP contribution in [-0.4, -0.2) is 11.5 Å². The van der Waals surface area contributed by atoms with Gasteiger partial charge in [-0.25, -0.2) is 0 Å². The van der Waals surface area contributed by atoms with Crippen LogP contribution in [0.1, 0.15) is 26.7 Å².